The SMILES string of the molecule is CCCSC(N)=[NH2+].c1cc[nH+]cc1. The summed E-state index contributed by atoms with van der Waals surface area (Å²) >= 11 is 1.50. The minimum Gasteiger partial charge on any atom is -0.282 e. The fraction of sp³-hybridized carbons (Fsp3) is 0.333. The number of hydrogen-bond donors (Lipinski definition) is 2. The molecule has 1 rings (SSSR count). The number of aromatic nitrogens is 1. The van der Waals surface area contributed by atoms with Crippen molar-refractivity contribution in [3.8, 4) is 0 Å². The summed E-state index contributed by atoms with van der Waals surface area (Å²) in [5.41, 5.74) is 5.14. The maximum atomic E-state index is 5.14. The van der Waals surface area contributed by atoms with Crippen molar-refractivity contribution in [1.82, 2.24) is 0 Å². The van der Waals surface area contributed by atoms with Crippen LogP contribution in [0.25, 0.3) is 0 Å². The predicted octanol–water partition coefficient (Wildman–Crippen LogP) is -0.296. The molecule has 0 aliphatic rings. The standard InChI is InChI=1S/C5H5N.C4H10N2S/c1-2-4-6-5-3-1;1-2-3-7-4(5)6/h1-5H;2-3H2,1H3,(H3,5,6)/p+2. The van der Waals surface area contributed by atoms with Crippen LogP contribution in [0, 0.1) is 0 Å². The van der Waals surface area contributed by atoms with Gasteiger partial charge in [-0.2, -0.15) is 0 Å². The zero-order valence-corrected chi connectivity index (χ0v) is 8.68. The highest BCUT2D eigenvalue weighted by atomic mass is 32.2. The molecular formula is C9H17N3S+2. The van der Waals surface area contributed by atoms with Crippen molar-refractivity contribution in [2.75, 3.05) is 5.75 Å². The van der Waals surface area contributed by atoms with Crippen molar-refractivity contribution in [2.24, 2.45) is 5.73 Å². The second kappa shape index (κ2) is 9.06. The molecule has 0 atom stereocenters. The Hall–Kier alpha value is -1.03. The van der Waals surface area contributed by atoms with Crippen LogP contribution in [0.4, 0.5) is 0 Å². The quantitative estimate of drug-likeness (QED) is 0.507. The fourth-order valence-electron chi connectivity index (χ4n) is 0.562. The first-order valence-electron chi connectivity index (χ1n) is 4.19. The molecular weight excluding hydrogens is 182 g/mol. The summed E-state index contributed by atoms with van der Waals surface area (Å²) in [5, 5.41) is 5.61. The lowest BCUT2D eigenvalue weighted by atomic mass is 10.5. The first kappa shape index (κ1) is 12.0. The van der Waals surface area contributed by atoms with Gasteiger partial charge in [-0.3, -0.25) is 11.1 Å². The number of pyridine rings is 1. The summed E-state index contributed by atoms with van der Waals surface area (Å²) in [5.74, 6) is 1.03. The lowest BCUT2D eigenvalue weighted by molar-refractivity contribution is -0.377. The van der Waals surface area contributed by atoms with Gasteiger partial charge in [-0.15, -0.1) is 0 Å². The Labute approximate surface area is 83.3 Å². The molecule has 0 fully saturated rings. The molecule has 0 aromatic carbocycles. The van der Waals surface area contributed by atoms with Crippen molar-refractivity contribution < 1.29 is 10.4 Å². The summed E-state index contributed by atoms with van der Waals surface area (Å²) in [6.07, 6.45) is 4.88. The van der Waals surface area contributed by atoms with Gasteiger partial charge < -0.3 is 0 Å². The van der Waals surface area contributed by atoms with Gasteiger partial charge in [0.15, 0.2) is 12.4 Å². The van der Waals surface area contributed by atoms with Gasteiger partial charge in [0.2, 0.25) is 0 Å². The van der Waals surface area contributed by atoms with Crippen LogP contribution in [0.3, 0.4) is 0 Å². The van der Waals surface area contributed by atoms with E-state index in [1.54, 1.807) is 0 Å². The highest BCUT2D eigenvalue weighted by Crippen LogP contribution is 1.95. The molecule has 1 heterocycles. The lowest BCUT2D eigenvalue weighted by Gasteiger charge is -1.84. The van der Waals surface area contributed by atoms with Crippen LogP contribution in [0.5, 0.6) is 0 Å². The minimum absolute atomic E-state index is 0.474. The molecule has 1 aromatic rings. The van der Waals surface area contributed by atoms with Gasteiger partial charge in [0.25, 0.3) is 5.17 Å². The summed E-state index contributed by atoms with van der Waals surface area (Å²) < 4.78 is 0. The molecule has 13 heavy (non-hydrogen) atoms. The van der Waals surface area contributed by atoms with Gasteiger partial charge >= 0.3 is 0 Å². The van der Waals surface area contributed by atoms with Crippen molar-refractivity contribution in [3.05, 3.63) is 30.6 Å². The number of hydrogen-bond acceptors (Lipinski definition) is 1. The van der Waals surface area contributed by atoms with E-state index in [1.165, 1.54) is 11.8 Å². The van der Waals surface area contributed by atoms with Crippen LogP contribution >= 0.6 is 11.8 Å². The van der Waals surface area contributed by atoms with E-state index in [1.807, 2.05) is 30.6 Å². The van der Waals surface area contributed by atoms with E-state index < -0.39 is 0 Å². The first-order valence-corrected chi connectivity index (χ1v) is 5.17. The molecule has 3 nitrogen and oxygen atoms in total. The highest BCUT2D eigenvalue weighted by Gasteiger charge is 1.90. The van der Waals surface area contributed by atoms with Gasteiger partial charge in [0.1, 0.15) is 0 Å². The lowest BCUT2D eigenvalue weighted by Crippen LogP contribution is -2.43. The largest absolute Gasteiger partial charge is 0.299 e. The Morgan fingerprint density at radius 3 is 2.15 bits per heavy atom. The highest BCUT2D eigenvalue weighted by molar-refractivity contribution is 8.13. The molecule has 0 bridgehead atoms. The number of H-pyrrole nitrogens is 1. The number of aromatic amines is 1. The van der Waals surface area contributed by atoms with Crippen LogP contribution in [0.1, 0.15) is 13.3 Å². The maximum Gasteiger partial charge on any atom is 0.299 e. The zero-order chi connectivity index (χ0) is 9.94. The van der Waals surface area contributed by atoms with Gasteiger partial charge in [-0.25, -0.2) is 4.98 Å². The van der Waals surface area contributed by atoms with Crippen LogP contribution < -0.4 is 16.1 Å². The van der Waals surface area contributed by atoms with Gasteiger partial charge in [0, 0.05) is 17.9 Å². The van der Waals surface area contributed by atoms with Crippen molar-refractivity contribution in [3.63, 3.8) is 0 Å². The zero-order valence-electron chi connectivity index (χ0n) is 7.86. The Morgan fingerprint density at radius 1 is 1.38 bits per heavy atom. The summed E-state index contributed by atoms with van der Waals surface area (Å²) in [4.78, 5) is 2.89. The molecule has 0 amide bonds. The van der Waals surface area contributed by atoms with Crippen molar-refractivity contribution >= 4 is 16.9 Å². The number of amidine groups is 1. The Morgan fingerprint density at radius 2 is 2.00 bits per heavy atom. The summed E-state index contributed by atoms with van der Waals surface area (Å²) in [7, 11) is 0. The van der Waals surface area contributed by atoms with E-state index >= 15 is 0 Å². The summed E-state index contributed by atoms with van der Waals surface area (Å²) in [6, 6.07) is 5.86. The Kier molecular flexibility index (Phi) is 8.34. The van der Waals surface area contributed by atoms with Crippen LogP contribution in [0.15, 0.2) is 30.6 Å². The third kappa shape index (κ3) is 11.0. The molecule has 0 saturated heterocycles. The van der Waals surface area contributed by atoms with Crippen LogP contribution in [-0.2, 0) is 0 Å². The topological polar surface area (TPSA) is 65.8 Å². The first-order chi connectivity index (χ1) is 6.27. The molecule has 0 radical (unpaired) electrons. The van der Waals surface area contributed by atoms with Crippen molar-refractivity contribution in [1.29, 1.82) is 0 Å². The normalized spacial score (nSPS) is 8.38. The van der Waals surface area contributed by atoms with Gasteiger partial charge in [0.05, 0.1) is 0 Å². The predicted molar refractivity (Wildman–Crippen MR) is 56.9 cm³/mol. The molecule has 5 N–H and O–H groups in total. The van der Waals surface area contributed by atoms with E-state index in [0.717, 1.165) is 12.2 Å². The third-order valence-corrected chi connectivity index (χ3v) is 2.03. The van der Waals surface area contributed by atoms with Gasteiger partial charge in [-0.1, -0.05) is 13.0 Å². The smallest absolute Gasteiger partial charge is 0.282 e. The van der Waals surface area contributed by atoms with E-state index in [2.05, 4.69) is 11.9 Å². The molecule has 0 spiro atoms. The molecule has 1 aromatic heterocycles. The number of nitrogens with two attached hydrogens (primary N) is 2. The number of nitrogens with one attached hydrogen (secondary N) is 1. The van der Waals surface area contributed by atoms with Crippen LogP contribution in [0.2, 0.25) is 0 Å². The minimum atomic E-state index is 0.474. The molecule has 4 heteroatoms. The van der Waals surface area contributed by atoms with E-state index in [-0.39, 0.29) is 0 Å². The Balaban J connectivity index is 0.000000223. The van der Waals surface area contributed by atoms with E-state index in [0.29, 0.717) is 5.17 Å². The maximum absolute atomic E-state index is 5.14. The van der Waals surface area contributed by atoms with E-state index in [9.17, 15) is 0 Å². The molecule has 0 saturated carbocycles. The third-order valence-electron chi connectivity index (χ3n) is 1.08. The van der Waals surface area contributed by atoms with Crippen LogP contribution in [-0.4, -0.2) is 10.9 Å². The second-order valence-corrected chi connectivity index (χ2v) is 3.50. The molecule has 0 aliphatic heterocycles. The second-order valence-electron chi connectivity index (χ2n) is 2.33. The number of thioether (sulfide) groups is 1. The van der Waals surface area contributed by atoms with Gasteiger partial charge in [-0.05, 0) is 18.2 Å². The Bertz CT molecular complexity index is 187. The summed E-state index contributed by atoms with van der Waals surface area (Å²) in [6.45, 7) is 2.09. The monoisotopic (exact) mass is 199 g/mol. The average Bonchev–Trinajstić information content (AvgIpc) is 2.18. The van der Waals surface area contributed by atoms with Crippen molar-refractivity contribution in [2.45, 2.75) is 13.3 Å². The number of rotatable bonds is 2. The average molecular weight is 199 g/mol. The van der Waals surface area contributed by atoms with E-state index in [4.69, 9.17) is 11.1 Å². The molecule has 0 aliphatic carbocycles. The fourth-order valence-corrected chi connectivity index (χ4v) is 1.00. The molecule has 72 valence electrons. The molecule has 0 unspecified atom stereocenters.